The fraction of sp³-hybridized carbons (Fsp3) is 0.706. The van der Waals surface area contributed by atoms with Crippen molar-refractivity contribution in [3.8, 4) is 0 Å². The van der Waals surface area contributed by atoms with Crippen LogP contribution in [-0.4, -0.2) is 42.6 Å². The fourth-order valence-electron chi connectivity index (χ4n) is 2.94. The lowest BCUT2D eigenvalue weighted by Crippen LogP contribution is -2.33. The normalized spacial score (nSPS) is 16.7. The highest BCUT2D eigenvalue weighted by atomic mass is 15.1. The highest BCUT2D eigenvalue weighted by Gasteiger charge is 2.11. The van der Waals surface area contributed by atoms with Crippen LogP contribution in [0.2, 0.25) is 0 Å². The molecular weight excluding hydrogens is 246 g/mol. The molecule has 0 radical (unpaired) electrons. The summed E-state index contributed by atoms with van der Waals surface area (Å²) in [5.74, 6) is 0. The zero-order valence-corrected chi connectivity index (χ0v) is 12.9. The monoisotopic (exact) mass is 275 g/mol. The first-order valence-corrected chi connectivity index (χ1v) is 8.15. The Morgan fingerprint density at radius 1 is 1.15 bits per heavy atom. The molecule has 1 N–H and O–H groups in total. The Hall–Kier alpha value is -0.930. The molecule has 3 heteroatoms. The largest absolute Gasteiger partial charge is 0.314 e. The van der Waals surface area contributed by atoms with Gasteiger partial charge in [0.25, 0.3) is 0 Å². The van der Waals surface area contributed by atoms with Crippen molar-refractivity contribution in [2.45, 2.75) is 51.0 Å². The first kappa shape index (κ1) is 15.5. The van der Waals surface area contributed by atoms with Crippen LogP contribution < -0.4 is 5.32 Å². The molecular formula is C17H29N3. The molecule has 0 amide bonds. The average Bonchev–Trinajstić information content (AvgIpc) is 2.52. The zero-order valence-electron chi connectivity index (χ0n) is 12.9. The molecule has 0 spiro atoms. The summed E-state index contributed by atoms with van der Waals surface area (Å²) in [5, 5.41) is 3.72. The summed E-state index contributed by atoms with van der Waals surface area (Å²) in [6.07, 6.45) is 13.2. The summed E-state index contributed by atoms with van der Waals surface area (Å²) in [5.41, 5.74) is 1.38. The van der Waals surface area contributed by atoms with Gasteiger partial charge in [0.05, 0.1) is 0 Å². The summed E-state index contributed by atoms with van der Waals surface area (Å²) in [6, 6.07) is 5.02. The molecule has 1 aromatic heterocycles. The lowest BCUT2D eigenvalue weighted by Gasteiger charge is -2.23. The van der Waals surface area contributed by atoms with Gasteiger partial charge in [0.1, 0.15) is 0 Å². The highest BCUT2D eigenvalue weighted by molar-refractivity contribution is 5.09. The van der Waals surface area contributed by atoms with E-state index in [0.717, 1.165) is 19.0 Å². The highest BCUT2D eigenvalue weighted by Crippen LogP contribution is 2.17. The van der Waals surface area contributed by atoms with Gasteiger partial charge in [0.15, 0.2) is 0 Å². The number of nitrogens with one attached hydrogen (secondary N) is 1. The molecule has 0 bridgehead atoms. The lowest BCUT2D eigenvalue weighted by molar-refractivity contribution is 0.317. The summed E-state index contributed by atoms with van der Waals surface area (Å²) >= 11 is 0. The van der Waals surface area contributed by atoms with Gasteiger partial charge in [-0.1, -0.05) is 19.3 Å². The molecule has 112 valence electrons. The first-order valence-electron chi connectivity index (χ1n) is 8.15. The van der Waals surface area contributed by atoms with E-state index in [4.69, 9.17) is 0 Å². The third kappa shape index (κ3) is 6.02. The van der Waals surface area contributed by atoms with E-state index in [9.17, 15) is 0 Å². The Morgan fingerprint density at radius 3 is 2.65 bits per heavy atom. The Kier molecular flexibility index (Phi) is 7.02. The molecule has 0 aliphatic heterocycles. The van der Waals surface area contributed by atoms with Gasteiger partial charge < -0.3 is 10.2 Å². The van der Waals surface area contributed by atoms with Crippen molar-refractivity contribution in [1.82, 2.24) is 15.2 Å². The van der Waals surface area contributed by atoms with Crippen LogP contribution in [0.1, 0.15) is 44.1 Å². The van der Waals surface area contributed by atoms with E-state index in [-0.39, 0.29) is 0 Å². The van der Waals surface area contributed by atoms with Crippen LogP contribution in [0.5, 0.6) is 0 Å². The number of hydrogen-bond donors (Lipinski definition) is 1. The van der Waals surface area contributed by atoms with E-state index in [1.165, 1.54) is 57.2 Å². The number of likely N-dealkylation sites (N-methyl/N-ethyl adjacent to an activating group) is 1. The Morgan fingerprint density at radius 2 is 1.90 bits per heavy atom. The predicted octanol–water partition coefficient (Wildman–Crippen LogP) is 2.87. The van der Waals surface area contributed by atoms with E-state index in [1.807, 2.05) is 12.4 Å². The number of pyridine rings is 1. The lowest BCUT2D eigenvalue weighted by atomic mass is 9.95. The maximum absolute atomic E-state index is 4.06. The van der Waals surface area contributed by atoms with E-state index in [2.05, 4.69) is 34.4 Å². The Balaban J connectivity index is 1.50. The summed E-state index contributed by atoms with van der Waals surface area (Å²) in [6.45, 7) is 3.49. The number of hydrogen-bond acceptors (Lipinski definition) is 3. The quantitative estimate of drug-likeness (QED) is 0.739. The SMILES string of the molecule is CN(CCCNC1CCCCC1)CCc1ccncc1. The molecule has 0 unspecified atom stereocenters. The third-order valence-corrected chi connectivity index (χ3v) is 4.29. The molecule has 0 atom stereocenters. The van der Waals surface area contributed by atoms with Gasteiger partial charge >= 0.3 is 0 Å². The molecule has 20 heavy (non-hydrogen) atoms. The minimum atomic E-state index is 0.797. The van der Waals surface area contributed by atoms with Crippen LogP contribution >= 0.6 is 0 Å². The van der Waals surface area contributed by atoms with Crippen molar-refractivity contribution in [3.63, 3.8) is 0 Å². The Labute approximate surface area is 123 Å². The molecule has 3 nitrogen and oxygen atoms in total. The van der Waals surface area contributed by atoms with Gasteiger partial charge in [-0.25, -0.2) is 0 Å². The third-order valence-electron chi connectivity index (χ3n) is 4.29. The molecule has 0 saturated heterocycles. The molecule has 1 saturated carbocycles. The van der Waals surface area contributed by atoms with Gasteiger partial charge in [0.2, 0.25) is 0 Å². The maximum Gasteiger partial charge on any atom is 0.0270 e. The first-order chi connectivity index (χ1) is 9.84. The molecule has 1 aliphatic carbocycles. The predicted molar refractivity (Wildman–Crippen MR) is 84.9 cm³/mol. The van der Waals surface area contributed by atoms with Gasteiger partial charge in [-0.2, -0.15) is 0 Å². The van der Waals surface area contributed by atoms with Crippen molar-refractivity contribution in [2.75, 3.05) is 26.7 Å². The van der Waals surface area contributed by atoms with E-state index in [0.29, 0.717) is 0 Å². The summed E-state index contributed by atoms with van der Waals surface area (Å²) < 4.78 is 0. The van der Waals surface area contributed by atoms with Crippen LogP contribution in [0, 0.1) is 0 Å². The van der Waals surface area contributed by atoms with Crippen molar-refractivity contribution in [2.24, 2.45) is 0 Å². The average molecular weight is 275 g/mol. The second-order valence-electron chi connectivity index (χ2n) is 6.05. The summed E-state index contributed by atoms with van der Waals surface area (Å²) in [7, 11) is 2.22. The van der Waals surface area contributed by atoms with Gasteiger partial charge in [-0.3, -0.25) is 4.98 Å². The van der Waals surface area contributed by atoms with Crippen LogP contribution in [0.3, 0.4) is 0 Å². The van der Waals surface area contributed by atoms with Crippen LogP contribution in [-0.2, 0) is 6.42 Å². The van der Waals surface area contributed by atoms with Crippen LogP contribution in [0.25, 0.3) is 0 Å². The van der Waals surface area contributed by atoms with E-state index >= 15 is 0 Å². The van der Waals surface area contributed by atoms with Crippen molar-refractivity contribution >= 4 is 0 Å². The minimum absolute atomic E-state index is 0.797. The molecule has 1 aromatic rings. The standard InChI is InChI=1S/C17H29N3/c1-20(15-10-16-8-12-18-13-9-16)14-5-11-19-17-6-3-2-4-7-17/h8-9,12-13,17,19H,2-7,10-11,14-15H2,1H3. The number of rotatable bonds is 8. The summed E-state index contributed by atoms with van der Waals surface area (Å²) in [4.78, 5) is 6.49. The van der Waals surface area contributed by atoms with Gasteiger partial charge in [-0.05, 0) is 63.5 Å². The second kappa shape index (κ2) is 9.09. The molecule has 2 rings (SSSR count). The fourth-order valence-corrected chi connectivity index (χ4v) is 2.94. The number of aromatic nitrogens is 1. The minimum Gasteiger partial charge on any atom is -0.314 e. The van der Waals surface area contributed by atoms with Crippen LogP contribution in [0.15, 0.2) is 24.5 Å². The van der Waals surface area contributed by atoms with Crippen molar-refractivity contribution in [1.29, 1.82) is 0 Å². The topological polar surface area (TPSA) is 28.2 Å². The van der Waals surface area contributed by atoms with Gasteiger partial charge in [-0.15, -0.1) is 0 Å². The number of nitrogens with zero attached hydrogens (tertiary/aromatic N) is 2. The molecule has 1 aliphatic rings. The van der Waals surface area contributed by atoms with Crippen molar-refractivity contribution < 1.29 is 0 Å². The van der Waals surface area contributed by atoms with Gasteiger partial charge in [0, 0.05) is 25.0 Å². The smallest absolute Gasteiger partial charge is 0.0270 e. The van der Waals surface area contributed by atoms with E-state index < -0.39 is 0 Å². The maximum atomic E-state index is 4.06. The van der Waals surface area contributed by atoms with E-state index in [1.54, 1.807) is 0 Å². The molecule has 1 fully saturated rings. The molecule has 1 heterocycles. The molecule has 0 aromatic carbocycles. The van der Waals surface area contributed by atoms with Crippen LogP contribution in [0.4, 0.5) is 0 Å². The second-order valence-corrected chi connectivity index (χ2v) is 6.05. The zero-order chi connectivity index (χ0) is 14.0. The van der Waals surface area contributed by atoms with Crippen molar-refractivity contribution in [3.05, 3.63) is 30.1 Å². The Bertz CT molecular complexity index is 347.